The van der Waals surface area contributed by atoms with Crippen molar-refractivity contribution in [1.82, 2.24) is 10.0 Å². The number of hydrogen-bond donors (Lipinski definition) is 2. The third kappa shape index (κ3) is 3.28. The van der Waals surface area contributed by atoms with Crippen LogP contribution in [0, 0.1) is 11.7 Å². The van der Waals surface area contributed by atoms with Crippen molar-refractivity contribution in [2.24, 2.45) is 5.92 Å². The summed E-state index contributed by atoms with van der Waals surface area (Å²) >= 11 is 0. The maximum absolute atomic E-state index is 13.2. The van der Waals surface area contributed by atoms with Crippen LogP contribution < -0.4 is 10.0 Å². The van der Waals surface area contributed by atoms with Crippen LogP contribution in [0.15, 0.2) is 23.1 Å². The molecule has 1 fully saturated rings. The highest BCUT2D eigenvalue weighted by molar-refractivity contribution is 7.89. The Morgan fingerprint density at radius 2 is 2.11 bits per heavy atom. The molecule has 1 aliphatic carbocycles. The number of nitrogens with one attached hydrogen (secondary N) is 2. The molecule has 0 amide bonds. The SMILES string of the molecule is CNCc1ccc(F)cc1S(=O)(=O)NCC1CC1. The van der Waals surface area contributed by atoms with Crippen molar-refractivity contribution < 1.29 is 12.8 Å². The zero-order chi connectivity index (χ0) is 13.2. The molecule has 0 heterocycles. The van der Waals surface area contributed by atoms with E-state index in [-0.39, 0.29) is 4.90 Å². The predicted molar refractivity (Wildman–Crippen MR) is 67.1 cm³/mol. The minimum Gasteiger partial charge on any atom is -0.316 e. The van der Waals surface area contributed by atoms with E-state index in [9.17, 15) is 12.8 Å². The molecule has 1 aliphatic rings. The fraction of sp³-hybridized carbons (Fsp3) is 0.500. The molecule has 0 radical (unpaired) electrons. The molecule has 6 heteroatoms. The van der Waals surface area contributed by atoms with Crippen LogP contribution in [0.1, 0.15) is 18.4 Å². The Labute approximate surface area is 107 Å². The van der Waals surface area contributed by atoms with Crippen LogP contribution in [0.25, 0.3) is 0 Å². The van der Waals surface area contributed by atoms with Gasteiger partial charge in [0.05, 0.1) is 4.90 Å². The highest BCUT2D eigenvalue weighted by atomic mass is 32.2. The Morgan fingerprint density at radius 3 is 2.72 bits per heavy atom. The molecule has 1 saturated carbocycles. The molecule has 0 atom stereocenters. The minimum absolute atomic E-state index is 0.0255. The van der Waals surface area contributed by atoms with Gasteiger partial charge >= 0.3 is 0 Å². The summed E-state index contributed by atoms with van der Waals surface area (Å²) in [4.78, 5) is 0.0255. The topological polar surface area (TPSA) is 58.2 Å². The summed E-state index contributed by atoms with van der Waals surface area (Å²) in [6.45, 7) is 0.831. The average Bonchev–Trinajstić information content (AvgIpc) is 3.13. The first-order valence-corrected chi connectivity index (χ1v) is 7.44. The summed E-state index contributed by atoms with van der Waals surface area (Å²) < 4.78 is 40.0. The molecule has 4 nitrogen and oxygen atoms in total. The number of halogens is 1. The van der Waals surface area contributed by atoms with Gasteiger partial charge in [0.2, 0.25) is 10.0 Å². The van der Waals surface area contributed by atoms with Crippen molar-refractivity contribution in [3.8, 4) is 0 Å². The highest BCUT2D eigenvalue weighted by Gasteiger charge is 2.25. The Balaban J connectivity index is 2.25. The van der Waals surface area contributed by atoms with E-state index in [1.54, 1.807) is 7.05 Å². The maximum atomic E-state index is 13.2. The summed E-state index contributed by atoms with van der Waals surface area (Å²) in [6, 6.07) is 3.84. The summed E-state index contributed by atoms with van der Waals surface area (Å²) in [6.07, 6.45) is 2.13. The molecule has 100 valence electrons. The lowest BCUT2D eigenvalue weighted by Gasteiger charge is -2.11. The zero-order valence-electron chi connectivity index (χ0n) is 10.2. The van der Waals surface area contributed by atoms with Gasteiger partial charge in [-0.05, 0) is 43.5 Å². The molecule has 1 aromatic carbocycles. The Kier molecular flexibility index (Phi) is 3.99. The molecule has 0 aliphatic heterocycles. The Bertz CT molecular complexity index is 527. The first-order chi connectivity index (χ1) is 8.53. The first kappa shape index (κ1) is 13.5. The molecular weight excluding hydrogens is 255 g/mol. The van der Waals surface area contributed by atoms with E-state index in [4.69, 9.17) is 0 Å². The van der Waals surface area contributed by atoms with Gasteiger partial charge in [0.25, 0.3) is 0 Å². The van der Waals surface area contributed by atoms with Gasteiger partial charge in [0.1, 0.15) is 5.82 Å². The first-order valence-electron chi connectivity index (χ1n) is 5.95. The quantitative estimate of drug-likeness (QED) is 0.819. The molecule has 18 heavy (non-hydrogen) atoms. The van der Waals surface area contributed by atoms with Gasteiger partial charge < -0.3 is 5.32 Å². The zero-order valence-corrected chi connectivity index (χ0v) is 11.1. The lowest BCUT2D eigenvalue weighted by Crippen LogP contribution is -2.27. The molecule has 2 rings (SSSR count). The van der Waals surface area contributed by atoms with Gasteiger partial charge in [0, 0.05) is 13.1 Å². The molecule has 0 saturated heterocycles. The Hall–Kier alpha value is -0.980. The minimum atomic E-state index is -3.62. The van der Waals surface area contributed by atoms with E-state index in [0.717, 1.165) is 18.9 Å². The van der Waals surface area contributed by atoms with E-state index in [0.29, 0.717) is 24.6 Å². The van der Waals surface area contributed by atoms with Gasteiger partial charge in [-0.25, -0.2) is 17.5 Å². The van der Waals surface area contributed by atoms with Crippen LogP contribution in [0.3, 0.4) is 0 Å². The third-order valence-corrected chi connectivity index (χ3v) is 4.45. The highest BCUT2D eigenvalue weighted by Crippen LogP contribution is 2.28. The lowest BCUT2D eigenvalue weighted by atomic mass is 10.2. The molecule has 0 unspecified atom stereocenters. The lowest BCUT2D eigenvalue weighted by molar-refractivity contribution is 0.571. The summed E-state index contributed by atoms with van der Waals surface area (Å²) in [5, 5.41) is 2.88. The van der Waals surface area contributed by atoms with Crippen molar-refractivity contribution in [3.05, 3.63) is 29.6 Å². The number of benzene rings is 1. The molecule has 1 aromatic rings. The van der Waals surface area contributed by atoms with Crippen molar-refractivity contribution in [3.63, 3.8) is 0 Å². The second kappa shape index (κ2) is 5.34. The monoisotopic (exact) mass is 272 g/mol. The van der Waals surface area contributed by atoms with Gasteiger partial charge in [-0.1, -0.05) is 6.07 Å². The van der Waals surface area contributed by atoms with Gasteiger partial charge in [0.15, 0.2) is 0 Å². The molecule has 0 spiro atoms. The molecule has 0 aromatic heterocycles. The van der Waals surface area contributed by atoms with Gasteiger partial charge in [-0.2, -0.15) is 0 Å². The number of hydrogen-bond acceptors (Lipinski definition) is 3. The fourth-order valence-electron chi connectivity index (χ4n) is 1.74. The normalized spacial score (nSPS) is 15.9. The molecular formula is C12H17FN2O2S. The number of sulfonamides is 1. The molecule has 0 bridgehead atoms. The van der Waals surface area contributed by atoms with E-state index in [1.807, 2.05) is 0 Å². The summed E-state index contributed by atoms with van der Waals surface area (Å²) in [5.74, 6) is -0.0947. The maximum Gasteiger partial charge on any atom is 0.241 e. The van der Waals surface area contributed by atoms with Crippen LogP contribution in [0.2, 0.25) is 0 Å². The van der Waals surface area contributed by atoms with Crippen LogP contribution in [0.4, 0.5) is 4.39 Å². The van der Waals surface area contributed by atoms with E-state index in [2.05, 4.69) is 10.0 Å². The molecule has 2 N–H and O–H groups in total. The summed E-state index contributed by atoms with van der Waals surface area (Å²) in [5.41, 5.74) is 0.571. The van der Waals surface area contributed by atoms with Gasteiger partial charge in [-0.15, -0.1) is 0 Å². The predicted octanol–water partition coefficient (Wildman–Crippen LogP) is 1.23. The Morgan fingerprint density at radius 1 is 1.39 bits per heavy atom. The average molecular weight is 272 g/mol. The fourth-order valence-corrected chi connectivity index (χ4v) is 3.11. The smallest absolute Gasteiger partial charge is 0.241 e. The standard InChI is InChI=1S/C12H17FN2O2S/c1-14-8-10-4-5-11(13)6-12(10)18(16,17)15-7-9-2-3-9/h4-6,9,14-15H,2-3,7-8H2,1H3. The van der Waals surface area contributed by atoms with E-state index >= 15 is 0 Å². The van der Waals surface area contributed by atoms with Crippen molar-refractivity contribution in [2.45, 2.75) is 24.3 Å². The summed E-state index contributed by atoms with van der Waals surface area (Å²) in [7, 11) is -1.90. The van der Waals surface area contributed by atoms with Gasteiger partial charge in [-0.3, -0.25) is 0 Å². The number of rotatable bonds is 6. The largest absolute Gasteiger partial charge is 0.316 e. The second-order valence-electron chi connectivity index (χ2n) is 4.58. The van der Waals surface area contributed by atoms with E-state index < -0.39 is 15.8 Å². The van der Waals surface area contributed by atoms with Crippen LogP contribution >= 0.6 is 0 Å². The second-order valence-corrected chi connectivity index (χ2v) is 6.31. The van der Waals surface area contributed by atoms with Crippen molar-refractivity contribution in [2.75, 3.05) is 13.6 Å². The van der Waals surface area contributed by atoms with Crippen molar-refractivity contribution in [1.29, 1.82) is 0 Å². The van der Waals surface area contributed by atoms with Crippen LogP contribution in [0.5, 0.6) is 0 Å². The van der Waals surface area contributed by atoms with Crippen LogP contribution in [-0.2, 0) is 16.6 Å². The van der Waals surface area contributed by atoms with Crippen LogP contribution in [-0.4, -0.2) is 22.0 Å². The van der Waals surface area contributed by atoms with E-state index in [1.165, 1.54) is 12.1 Å². The third-order valence-electron chi connectivity index (χ3n) is 2.94. The van der Waals surface area contributed by atoms with Crippen molar-refractivity contribution >= 4 is 10.0 Å².